The zero-order chi connectivity index (χ0) is 14.8. The van der Waals surface area contributed by atoms with Crippen molar-refractivity contribution in [3.05, 3.63) is 71.0 Å². The SMILES string of the molecule is COc1ccc(C(O)c2cncc3ccccc23)cc1Cl. The first-order valence-electron chi connectivity index (χ1n) is 6.55. The van der Waals surface area contributed by atoms with Crippen LogP contribution < -0.4 is 4.74 Å². The summed E-state index contributed by atoms with van der Waals surface area (Å²) in [6.45, 7) is 0. The van der Waals surface area contributed by atoms with E-state index in [1.54, 1.807) is 37.7 Å². The molecular formula is C17H14ClNO2. The summed E-state index contributed by atoms with van der Waals surface area (Å²) in [6, 6.07) is 13.1. The van der Waals surface area contributed by atoms with Gasteiger partial charge in [0.25, 0.3) is 0 Å². The number of halogens is 1. The molecule has 1 N–H and O–H groups in total. The van der Waals surface area contributed by atoms with E-state index in [4.69, 9.17) is 16.3 Å². The molecule has 1 heterocycles. The number of aliphatic hydroxyl groups excluding tert-OH is 1. The van der Waals surface area contributed by atoms with Crippen LogP contribution in [0.3, 0.4) is 0 Å². The first-order chi connectivity index (χ1) is 10.2. The van der Waals surface area contributed by atoms with E-state index >= 15 is 0 Å². The van der Waals surface area contributed by atoms with Gasteiger partial charge in [0, 0.05) is 23.3 Å². The Bertz CT molecular complexity index is 783. The number of hydrogen-bond acceptors (Lipinski definition) is 3. The van der Waals surface area contributed by atoms with Crippen molar-refractivity contribution in [2.45, 2.75) is 6.10 Å². The van der Waals surface area contributed by atoms with Gasteiger partial charge in [-0.25, -0.2) is 0 Å². The van der Waals surface area contributed by atoms with Crippen molar-refractivity contribution >= 4 is 22.4 Å². The smallest absolute Gasteiger partial charge is 0.137 e. The number of ether oxygens (including phenoxy) is 1. The van der Waals surface area contributed by atoms with Crippen molar-refractivity contribution in [2.75, 3.05) is 7.11 Å². The van der Waals surface area contributed by atoms with Gasteiger partial charge in [-0.15, -0.1) is 0 Å². The summed E-state index contributed by atoms with van der Waals surface area (Å²) in [4.78, 5) is 4.20. The summed E-state index contributed by atoms with van der Waals surface area (Å²) in [7, 11) is 1.56. The maximum absolute atomic E-state index is 10.6. The maximum atomic E-state index is 10.6. The number of methoxy groups -OCH3 is 1. The van der Waals surface area contributed by atoms with Crippen LogP contribution in [0, 0.1) is 0 Å². The maximum Gasteiger partial charge on any atom is 0.137 e. The van der Waals surface area contributed by atoms with Crippen molar-refractivity contribution in [3.63, 3.8) is 0 Å². The number of nitrogens with zero attached hydrogens (tertiary/aromatic N) is 1. The lowest BCUT2D eigenvalue weighted by atomic mass is 9.98. The average Bonchev–Trinajstić information content (AvgIpc) is 2.53. The average molecular weight is 300 g/mol. The van der Waals surface area contributed by atoms with Gasteiger partial charge in [-0.1, -0.05) is 41.9 Å². The summed E-state index contributed by atoms with van der Waals surface area (Å²) >= 11 is 6.13. The van der Waals surface area contributed by atoms with Gasteiger partial charge in [0.15, 0.2) is 0 Å². The van der Waals surface area contributed by atoms with Gasteiger partial charge in [-0.2, -0.15) is 0 Å². The molecule has 0 bridgehead atoms. The van der Waals surface area contributed by atoms with Gasteiger partial charge in [-0.05, 0) is 23.1 Å². The number of aromatic nitrogens is 1. The first kappa shape index (κ1) is 13.9. The zero-order valence-electron chi connectivity index (χ0n) is 11.5. The molecule has 2 aromatic carbocycles. The molecule has 0 spiro atoms. The fourth-order valence-electron chi connectivity index (χ4n) is 2.39. The highest BCUT2D eigenvalue weighted by molar-refractivity contribution is 6.32. The number of aliphatic hydroxyl groups is 1. The lowest BCUT2D eigenvalue weighted by molar-refractivity contribution is 0.221. The van der Waals surface area contributed by atoms with E-state index in [0.717, 1.165) is 16.3 Å². The molecule has 4 heteroatoms. The van der Waals surface area contributed by atoms with Gasteiger partial charge in [0.05, 0.1) is 12.1 Å². The van der Waals surface area contributed by atoms with Gasteiger partial charge in [-0.3, -0.25) is 4.98 Å². The van der Waals surface area contributed by atoms with Crippen LogP contribution in [0.25, 0.3) is 10.8 Å². The molecule has 1 aromatic heterocycles. The van der Waals surface area contributed by atoms with E-state index in [-0.39, 0.29) is 0 Å². The topological polar surface area (TPSA) is 42.4 Å². The van der Waals surface area contributed by atoms with Gasteiger partial charge in [0.2, 0.25) is 0 Å². The molecule has 3 aromatic rings. The fourth-order valence-corrected chi connectivity index (χ4v) is 2.66. The van der Waals surface area contributed by atoms with E-state index in [0.29, 0.717) is 16.3 Å². The van der Waals surface area contributed by atoms with Crippen LogP contribution in [0.1, 0.15) is 17.2 Å². The second-order valence-corrected chi connectivity index (χ2v) is 5.15. The second-order valence-electron chi connectivity index (χ2n) is 4.75. The highest BCUT2D eigenvalue weighted by atomic mass is 35.5. The molecule has 0 saturated carbocycles. The first-order valence-corrected chi connectivity index (χ1v) is 6.92. The van der Waals surface area contributed by atoms with Crippen molar-refractivity contribution < 1.29 is 9.84 Å². The normalized spacial score (nSPS) is 12.3. The number of pyridine rings is 1. The second kappa shape index (κ2) is 5.72. The molecule has 106 valence electrons. The molecule has 0 amide bonds. The van der Waals surface area contributed by atoms with Gasteiger partial charge < -0.3 is 9.84 Å². The van der Waals surface area contributed by atoms with E-state index in [2.05, 4.69) is 4.98 Å². The minimum Gasteiger partial charge on any atom is -0.495 e. The van der Waals surface area contributed by atoms with E-state index in [1.165, 1.54) is 0 Å². The molecule has 0 aliphatic heterocycles. The van der Waals surface area contributed by atoms with Crippen LogP contribution in [0.15, 0.2) is 54.9 Å². The lowest BCUT2D eigenvalue weighted by Crippen LogP contribution is -2.01. The van der Waals surface area contributed by atoms with E-state index in [9.17, 15) is 5.11 Å². The van der Waals surface area contributed by atoms with Crippen LogP contribution in [0.5, 0.6) is 5.75 Å². The molecule has 0 radical (unpaired) electrons. The highest BCUT2D eigenvalue weighted by Gasteiger charge is 2.15. The molecular weight excluding hydrogens is 286 g/mol. The number of hydrogen-bond donors (Lipinski definition) is 1. The Labute approximate surface area is 127 Å². The van der Waals surface area contributed by atoms with Crippen LogP contribution >= 0.6 is 11.6 Å². The quantitative estimate of drug-likeness (QED) is 0.795. The van der Waals surface area contributed by atoms with Crippen molar-refractivity contribution in [2.24, 2.45) is 0 Å². The molecule has 1 atom stereocenters. The van der Waals surface area contributed by atoms with Crippen LogP contribution in [-0.4, -0.2) is 17.2 Å². The molecule has 1 unspecified atom stereocenters. The number of benzene rings is 2. The molecule has 21 heavy (non-hydrogen) atoms. The fraction of sp³-hybridized carbons (Fsp3) is 0.118. The lowest BCUT2D eigenvalue weighted by Gasteiger charge is -2.15. The zero-order valence-corrected chi connectivity index (χ0v) is 12.2. The Balaban J connectivity index is 2.08. The highest BCUT2D eigenvalue weighted by Crippen LogP contribution is 2.32. The number of fused-ring (bicyclic) bond motifs is 1. The monoisotopic (exact) mass is 299 g/mol. The summed E-state index contributed by atoms with van der Waals surface area (Å²) < 4.78 is 5.13. The van der Waals surface area contributed by atoms with Crippen molar-refractivity contribution in [3.8, 4) is 5.75 Å². The van der Waals surface area contributed by atoms with E-state index in [1.807, 2.05) is 24.3 Å². The number of rotatable bonds is 3. The molecule has 3 nitrogen and oxygen atoms in total. The predicted octanol–water partition coefficient (Wildman–Crippen LogP) is 3.98. The van der Waals surface area contributed by atoms with Crippen LogP contribution in [0.4, 0.5) is 0 Å². The van der Waals surface area contributed by atoms with Gasteiger partial charge >= 0.3 is 0 Å². The Kier molecular flexibility index (Phi) is 3.78. The van der Waals surface area contributed by atoms with Crippen molar-refractivity contribution in [1.29, 1.82) is 0 Å². The molecule has 0 saturated heterocycles. The third-order valence-electron chi connectivity index (χ3n) is 3.49. The molecule has 0 aliphatic rings. The molecule has 0 fully saturated rings. The minimum atomic E-state index is -0.785. The largest absolute Gasteiger partial charge is 0.495 e. The van der Waals surface area contributed by atoms with E-state index < -0.39 is 6.10 Å². The van der Waals surface area contributed by atoms with Crippen molar-refractivity contribution in [1.82, 2.24) is 4.98 Å². The molecule has 3 rings (SSSR count). The standard InChI is InChI=1S/C17H14ClNO2/c1-21-16-7-6-11(8-15(16)18)17(20)14-10-19-9-12-4-2-3-5-13(12)14/h2-10,17,20H,1H3. The third-order valence-corrected chi connectivity index (χ3v) is 3.78. The Hall–Kier alpha value is -2.10. The predicted molar refractivity (Wildman–Crippen MR) is 83.8 cm³/mol. The third kappa shape index (κ3) is 2.58. The Morgan fingerprint density at radius 3 is 2.71 bits per heavy atom. The summed E-state index contributed by atoms with van der Waals surface area (Å²) in [5, 5.41) is 13.1. The molecule has 0 aliphatic carbocycles. The van der Waals surface area contributed by atoms with Crippen LogP contribution in [0.2, 0.25) is 5.02 Å². The summed E-state index contributed by atoms with van der Waals surface area (Å²) in [5.74, 6) is 0.587. The Morgan fingerprint density at radius 2 is 1.95 bits per heavy atom. The summed E-state index contributed by atoms with van der Waals surface area (Å²) in [5.41, 5.74) is 1.47. The Morgan fingerprint density at radius 1 is 1.14 bits per heavy atom. The summed E-state index contributed by atoms with van der Waals surface area (Å²) in [6.07, 6.45) is 2.68. The van der Waals surface area contributed by atoms with Crippen LogP contribution in [-0.2, 0) is 0 Å². The minimum absolute atomic E-state index is 0.474. The van der Waals surface area contributed by atoms with Gasteiger partial charge in [0.1, 0.15) is 11.9 Å².